The molecule has 0 spiro atoms. The predicted molar refractivity (Wildman–Crippen MR) is 59.0 cm³/mol. The smallest absolute Gasteiger partial charge is 0.0767 e. The van der Waals surface area contributed by atoms with E-state index in [1.165, 1.54) is 6.21 Å². The molecule has 0 rings (SSSR count). The first-order valence-corrected chi connectivity index (χ1v) is 4.31. The van der Waals surface area contributed by atoms with Gasteiger partial charge in [0.05, 0.1) is 17.6 Å². The van der Waals surface area contributed by atoms with Crippen molar-refractivity contribution in [2.75, 3.05) is 0 Å². The summed E-state index contributed by atoms with van der Waals surface area (Å²) in [5.74, 6) is 2.71. The normalized spacial score (nSPS) is 13.8. The standard InChI is InChI=1S/C11H16N2/c1-6-8-13-11(9(3)4)10(5)12-7-2/h1,7-9H,2-5H3/b11-10+,12-7?,13-8?. The fraction of sp³-hybridized carbons (Fsp3) is 0.455. The molecule has 0 atom stereocenters. The molecule has 2 heteroatoms. The molecular formula is C11H16N2. The van der Waals surface area contributed by atoms with E-state index >= 15 is 0 Å². The lowest BCUT2D eigenvalue weighted by atomic mass is 10.1. The van der Waals surface area contributed by atoms with E-state index in [-0.39, 0.29) is 0 Å². The van der Waals surface area contributed by atoms with Gasteiger partial charge in [-0.1, -0.05) is 19.8 Å². The Morgan fingerprint density at radius 3 is 2.38 bits per heavy atom. The molecule has 0 fully saturated rings. The van der Waals surface area contributed by atoms with Gasteiger partial charge in [-0.3, -0.25) is 9.98 Å². The van der Waals surface area contributed by atoms with E-state index in [2.05, 4.69) is 29.8 Å². The van der Waals surface area contributed by atoms with Gasteiger partial charge in [0.25, 0.3) is 0 Å². The van der Waals surface area contributed by atoms with Crippen molar-refractivity contribution in [2.45, 2.75) is 27.7 Å². The van der Waals surface area contributed by atoms with Gasteiger partial charge in [-0.15, -0.1) is 6.42 Å². The van der Waals surface area contributed by atoms with Crippen molar-refractivity contribution in [2.24, 2.45) is 15.9 Å². The Morgan fingerprint density at radius 1 is 1.38 bits per heavy atom. The molecule has 0 amide bonds. The molecule has 0 heterocycles. The maximum atomic E-state index is 5.09. The number of nitrogens with zero attached hydrogens (tertiary/aromatic N) is 2. The second-order valence-electron chi connectivity index (χ2n) is 2.94. The number of terminal acetylenes is 1. The van der Waals surface area contributed by atoms with Crippen molar-refractivity contribution in [3.8, 4) is 12.3 Å². The molecule has 0 N–H and O–H groups in total. The fourth-order valence-electron chi connectivity index (χ4n) is 1.03. The lowest BCUT2D eigenvalue weighted by Crippen LogP contribution is -1.94. The third kappa shape index (κ3) is 4.27. The van der Waals surface area contributed by atoms with Crippen LogP contribution in [0.5, 0.6) is 0 Å². The van der Waals surface area contributed by atoms with Crippen LogP contribution < -0.4 is 0 Å². The highest BCUT2D eigenvalue weighted by Crippen LogP contribution is 2.16. The van der Waals surface area contributed by atoms with Crippen molar-refractivity contribution in [1.82, 2.24) is 0 Å². The van der Waals surface area contributed by atoms with Crippen molar-refractivity contribution in [3.05, 3.63) is 11.4 Å². The number of rotatable bonds is 3. The number of aliphatic imine (C=N–C) groups is 2. The van der Waals surface area contributed by atoms with E-state index in [0.29, 0.717) is 5.92 Å². The second-order valence-corrected chi connectivity index (χ2v) is 2.94. The van der Waals surface area contributed by atoms with Crippen LogP contribution in [0, 0.1) is 18.3 Å². The minimum Gasteiger partial charge on any atom is -0.264 e. The van der Waals surface area contributed by atoms with Crippen molar-refractivity contribution >= 4 is 12.4 Å². The SMILES string of the molecule is C#CC=N/C(=C(\C)N=CC)C(C)C. The lowest BCUT2D eigenvalue weighted by molar-refractivity contribution is 0.744. The maximum absolute atomic E-state index is 5.09. The molecule has 13 heavy (non-hydrogen) atoms. The quantitative estimate of drug-likeness (QED) is 0.466. The van der Waals surface area contributed by atoms with Gasteiger partial charge in [0, 0.05) is 6.21 Å². The average Bonchev–Trinajstić information content (AvgIpc) is 2.05. The second kappa shape index (κ2) is 6.19. The zero-order valence-electron chi connectivity index (χ0n) is 8.70. The van der Waals surface area contributed by atoms with Crippen LogP contribution >= 0.6 is 0 Å². The maximum Gasteiger partial charge on any atom is 0.0767 e. The zero-order chi connectivity index (χ0) is 10.3. The van der Waals surface area contributed by atoms with Gasteiger partial charge < -0.3 is 0 Å². The summed E-state index contributed by atoms with van der Waals surface area (Å²) in [6, 6.07) is 0. The highest BCUT2D eigenvalue weighted by atomic mass is 14.8. The van der Waals surface area contributed by atoms with Gasteiger partial charge in [-0.2, -0.15) is 0 Å². The molecule has 0 aromatic carbocycles. The van der Waals surface area contributed by atoms with E-state index < -0.39 is 0 Å². The van der Waals surface area contributed by atoms with Gasteiger partial charge in [0.2, 0.25) is 0 Å². The van der Waals surface area contributed by atoms with E-state index in [1.54, 1.807) is 6.21 Å². The molecule has 0 aliphatic rings. The van der Waals surface area contributed by atoms with Crippen LogP contribution in [0.2, 0.25) is 0 Å². The molecule has 0 unspecified atom stereocenters. The summed E-state index contributed by atoms with van der Waals surface area (Å²) in [6.07, 6.45) is 8.31. The summed E-state index contributed by atoms with van der Waals surface area (Å²) in [5.41, 5.74) is 1.86. The fourth-order valence-corrected chi connectivity index (χ4v) is 1.03. The molecule has 0 radical (unpaired) electrons. The van der Waals surface area contributed by atoms with E-state index in [0.717, 1.165) is 11.4 Å². The summed E-state index contributed by atoms with van der Waals surface area (Å²) >= 11 is 0. The Morgan fingerprint density at radius 2 is 2.00 bits per heavy atom. The molecule has 0 aliphatic carbocycles. The Labute approximate surface area is 80.5 Å². The molecule has 0 aromatic rings. The van der Waals surface area contributed by atoms with Crippen LogP contribution in [-0.2, 0) is 0 Å². The average molecular weight is 176 g/mol. The molecule has 70 valence electrons. The van der Waals surface area contributed by atoms with Crippen LogP contribution in [0.15, 0.2) is 21.4 Å². The largest absolute Gasteiger partial charge is 0.264 e. The Bertz CT molecular complexity index is 275. The van der Waals surface area contributed by atoms with Crippen LogP contribution in [0.4, 0.5) is 0 Å². The van der Waals surface area contributed by atoms with Gasteiger partial charge in [0.1, 0.15) is 0 Å². The number of allylic oxidation sites excluding steroid dienone is 2. The van der Waals surface area contributed by atoms with Crippen LogP contribution in [-0.4, -0.2) is 12.4 Å². The molecule has 0 bridgehead atoms. The summed E-state index contributed by atoms with van der Waals surface area (Å²) in [7, 11) is 0. The predicted octanol–water partition coefficient (Wildman–Crippen LogP) is 2.67. The zero-order valence-corrected chi connectivity index (χ0v) is 8.70. The summed E-state index contributed by atoms with van der Waals surface area (Å²) in [6.45, 7) is 7.95. The van der Waals surface area contributed by atoms with E-state index in [1.807, 2.05) is 13.8 Å². The van der Waals surface area contributed by atoms with Crippen LogP contribution in [0.3, 0.4) is 0 Å². The summed E-state index contributed by atoms with van der Waals surface area (Å²) in [5, 5.41) is 0. The monoisotopic (exact) mass is 176 g/mol. The molecule has 2 nitrogen and oxygen atoms in total. The van der Waals surface area contributed by atoms with Crippen LogP contribution in [0.1, 0.15) is 27.7 Å². The van der Waals surface area contributed by atoms with Crippen molar-refractivity contribution in [1.29, 1.82) is 0 Å². The Hall–Kier alpha value is -1.36. The lowest BCUT2D eigenvalue weighted by Gasteiger charge is -2.06. The van der Waals surface area contributed by atoms with Gasteiger partial charge in [-0.25, -0.2) is 0 Å². The first-order chi connectivity index (χ1) is 6.13. The summed E-state index contributed by atoms with van der Waals surface area (Å²) in [4.78, 5) is 8.34. The Kier molecular flexibility index (Phi) is 5.54. The number of hydrogen-bond donors (Lipinski definition) is 0. The highest BCUT2D eigenvalue weighted by Gasteiger charge is 2.03. The van der Waals surface area contributed by atoms with Crippen molar-refractivity contribution in [3.63, 3.8) is 0 Å². The highest BCUT2D eigenvalue weighted by molar-refractivity contribution is 5.78. The molecule has 0 saturated carbocycles. The van der Waals surface area contributed by atoms with Crippen molar-refractivity contribution < 1.29 is 0 Å². The minimum atomic E-state index is 0.341. The van der Waals surface area contributed by atoms with Crippen LogP contribution in [0.25, 0.3) is 0 Å². The topological polar surface area (TPSA) is 24.7 Å². The van der Waals surface area contributed by atoms with Gasteiger partial charge in [-0.05, 0) is 19.8 Å². The summed E-state index contributed by atoms with van der Waals surface area (Å²) < 4.78 is 0. The molecule has 0 aromatic heterocycles. The van der Waals surface area contributed by atoms with Gasteiger partial charge in [0.15, 0.2) is 0 Å². The van der Waals surface area contributed by atoms with Gasteiger partial charge >= 0.3 is 0 Å². The Balaban J connectivity index is 4.90. The third-order valence-electron chi connectivity index (χ3n) is 1.52. The molecule has 0 aliphatic heterocycles. The van der Waals surface area contributed by atoms with E-state index in [4.69, 9.17) is 6.42 Å². The number of hydrogen-bond acceptors (Lipinski definition) is 2. The minimum absolute atomic E-state index is 0.341. The molecular weight excluding hydrogens is 160 g/mol. The molecule has 0 saturated heterocycles. The van der Waals surface area contributed by atoms with E-state index in [9.17, 15) is 0 Å². The third-order valence-corrected chi connectivity index (χ3v) is 1.52. The first kappa shape index (κ1) is 11.6. The first-order valence-electron chi connectivity index (χ1n) is 4.31.